The van der Waals surface area contributed by atoms with Gasteiger partial charge in [-0.1, -0.05) is 12.1 Å². The predicted octanol–water partition coefficient (Wildman–Crippen LogP) is 1.90. The monoisotopic (exact) mass is 244 g/mol. The van der Waals surface area contributed by atoms with Gasteiger partial charge in [0.2, 0.25) is 0 Å². The molecule has 0 aromatic heterocycles. The topological polar surface area (TPSA) is 73.1 Å². The molecular weight excluding hydrogens is 228 g/mol. The fourth-order valence-electron chi connectivity index (χ4n) is 2.09. The second kappa shape index (κ2) is 4.79. The van der Waals surface area contributed by atoms with E-state index in [0.717, 1.165) is 18.4 Å². The highest BCUT2D eigenvalue weighted by Crippen LogP contribution is 2.39. The number of hydrogen-bond donors (Lipinski definition) is 2. The molecule has 4 nitrogen and oxygen atoms in total. The zero-order chi connectivity index (χ0) is 13.2. The summed E-state index contributed by atoms with van der Waals surface area (Å²) in [6.45, 7) is 2.20. The van der Waals surface area contributed by atoms with E-state index in [4.69, 9.17) is 5.26 Å². The van der Waals surface area contributed by atoms with Crippen LogP contribution in [0.1, 0.15) is 30.9 Å². The molecule has 1 aliphatic rings. The minimum atomic E-state index is -0.858. The Morgan fingerprint density at radius 1 is 1.61 bits per heavy atom. The number of nitriles is 1. The van der Waals surface area contributed by atoms with Gasteiger partial charge in [-0.15, -0.1) is 0 Å². The standard InChI is InChI=1S/C14H16N2O2/c1-14(13(17)18,12-5-6-12)16-9-11-4-2-3-10(7-11)8-15/h2-4,7,12,16H,5-6,9H2,1H3,(H,17,18). The number of carboxylic acids is 1. The van der Waals surface area contributed by atoms with Crippen molar-refractivity contribution in [3.63, 3.8) is 0 Å². The van der Waals surface area contributed by atoms with Gasteiger partial charge >= 0.3 is 5.97 Å². The zero-order valence-corrected chi connectivity index (χ0v) is 10.3. The molecule has 1 saturated carbocycles. The number of carboxylic acid groups (broad SMARTS) is 1. The second-order valence-electron chi connectivity index (χ2n) is 4.95. The number of aliphatic carboxylic acids is 1. The maximum atomic E-state index is 11.3. The van der Waals surface area contributed by atoms with Crippen molar-refractivity contribution in [1.82, 2.24) is 5.32 Å². The van der Waals surface area contributed by atoms with E-state index in [0.29, 0.717) is 12.1 Å². The van der Waals surface area contributed by atoms with Crippen LogP contribution < -0.4 is 5.32 Å². The van der Waals surface area contributed by atoms with Gasteiger partial charge in [-0.25, -0.2) is 0 Å². The molecule has 0 aliphatic heterocycles. The van der Waals surface area contributed by atoms with Gasteiger partial charge in [0.15, 0.2) is 0 Å². The minimum Gasteiger partial charge on any atom is -0.480 e. The van der Waals surface area contributed by atoms with Crippen LogP contribution in [-0.4, -0.2) is 16.6 Å². The Labute approximate surface area is 106 Å². The summed E-state index contributed by atoms with van der Waals surface area (Å²) in [5.74, 6) is -0.587. The summed E-state index contributed by atoms with van der Waals surface area (Å²) in [6.07, 6.45) is 1.93. The molecule has 1 aliphatic carbocycles. The van der Waals surface area contributed by atoms with E-state index in [1.165, 1.54) is 0 Å². The minimum absolute atomic E-state index is 0.217. The SMILES string of the molecule is CC(NCc1cccc(C#N)c1)(C(=O)O)C1CC1. The van der Waals surface area contributed by atoms with Crippen LogP contribution in [0.5, 0.6) is 0 Å². The van der Waals surface area contributed by atoms with Crippen LogP contribution in [0.2, 0.25) is 0 Å². The molecule has 18 heavy (non-hydrogen) atoms. The van der Waals surface area contributed by atoms with E-state index in [2.05, 4.69) is 11.4 Å². The molecule has 94 valence electrons. The summed E-state index contributed by atoms with van der Waals surface area (Å²) in [7, 11) is 0. The normalized spacial score (nSPS) is 17.8. The molecule has 1 aromatic carbocycles. The average molecular weight is 244 g/mol. The van der Waals surface area contributed by atoms with E-state index in [1.807, 2.05) is 12.1 Å². The molecule has 0 heterocycles. The van der Waals surface area contributed by atoms with E-state index in [9.17, 15) is 9.90 Å². The fourth-order valence-corrected chi connectivity index (χ4v) is 2.09. The van der Waals surface area contributed by atoms with Crippen molar-refractivity contribution in [2.24, 2.45) is 5.92 Å². The number of benzene rings is 1. The molecule has 1 unspecified atom stereocenters. The second-order valence-corrected chi connectivity index (χ2v) is 4.95. The van der Waals surface area contributed by atoms with Gasteiger partial charge in [0, 0.05) is 6.54 Å². The summed E-state index contributed by atoms with van der Waals surface area (Å²) in [6, 6.07) is 9.30. The molecule has 0 radical (unpaired) electrons. The fraction of sp³-hybridized carbons (Fsp3) is 0.429. The molecule has 1 aromatic rings. The van der Waals surface area contributed by atoms with Crippen LogP contribution in [0.4, 0.5) is 0 Å². The number of nitrogens with zero attached hydrogens (tertiary/aromatic N) is 1. The lowest BCUT2D eigenvalue weighted by Gasteiger charge is -2.26. The summed E-state index contributed by atoms with van der Waals surface area (Å²) in [5.41, 5.74) is 0.669. The average Bonchev–Trinajstić information content (AvgIpc) is 3.20. The molecule has 0 bridgehead atoms. The van der Waals surface area contributed by atoms with Crippen LogP contribution in [-0.2, 0) is 11.3 Å². The first kappa shape index (κ1) is 12.6. The lowest BCUT2D eigenvalue weighted by Crippen LogP contribution is -2.51. The Morgan fingerprint density at radius 3 is 2.89 bits per heavy atom. The molecule has 4 heteroatoms. The Hall–Kier alpha value is -1.86. The highest BCUT2D eigenvalue weighted by molar-refractivity contribution is 5.79. The van der Waals surface area contributed by atoms with E-state index in [1.54, 1.807) is 19.1 Å². The van der Waals surface area contributed by atoms with Gasteiger partial charge in [0.25, 0.3) is 0 Å². The van der Waals surface area contributed by atoms with Crippen molar-refractivity contribution < 1.29 is 9.90 Å². The van der Waals surface area contributed by atoms with Crippen LogP contribution in [0, 0.1) is 17.2 Å². The van der Waals surface area contributed by atoms with Crippen LogP contribution in [0.25, 0.3) is 0 Å². The molecule has 0 saturated heterocycles. The van der Waals surface area contributed by atoms with Gasteiger partial charge in [-0.3, -0.25) is 10.1 Å². The number of hydrogen-bond acceptors (Lipinski definition) is 3. The van der Waals surface area contributed by atoms with Crippen molar-refractivity contribution in [3.8, 4) is 6.07 Å². The Balaban J connectivity index is 2.06. The summed E-state index contributed by atoms with van der Waals surface area (Å²) in [4.78, 5) is 11.3. The van der Waals surface area contributed by atoms with Gasteiger partial charge in [0.05, 0.1) is 11.6 Å². The summed E-state index contributed by atoms with van der Waals surface area (Å²) < 4.78 is 0. The molecule has 0 amide bonds. The molecule has 0 spiro atoms. The molecular formula is C14H16N2O2. The summed E-state index contributed by atoms with van der Waals surface area (Å²) >= 11 is 0. The molecule has 2 rings (SSSR count). The van der Waals surface area contributed by atoms with Gasteiger partial charge in [0.1, 0.15) is 5.54 Å². The van der Waals surface area contributed by atoms with Gasteiger partial charge in [-0.2, -0.15) is 5.26 Å². The Morgan fingerprint density at radius 2 is 2.33 bits per heavy atom. The van der Waals surface area contributed by atoms with Crippen molar-refractivity contribution in [2.45, 2.75) is 31.8 Å². The quantitative estimate of drug-likeness (QED) is 0.829. The first-order valence-electron chi connectivity index (χ1n) is 6.03. The molecule has 2 N–H and O–H groups in total. The summed E-state index contributed by atoms with van der Waals surface area (Å²) in [5, 5.41) is 21.2. The van der Waals surface area contributed by atoms with Gasteiger partial charge in [-0.05, 0) is 43.4 Å². The van der Waals surface area contributed by atoms with Crippen LogP contribution in [0.3, 0.4) is 0 Å². The Bertz CT molecular complexity index is 503. The third kappa shape index (κ3) is 2.52. The van der Waals surface area contributed by atoms with Crippen LogP contribution >= 0.6 is 0 Å². The Kier molecular flexibility index (Phi) is 3.35. The van der Waals surface area contributed by atoms with E-state index in [-0.39, 0.29) is 5.92 Å². The molecule has 1 atom stereocenters. The lowest BCUT2D eigenvalue weighted by molar-refractivity contribution is -0.145. The first-order chi connectivity index (χ1) is 8.56. The smallest absolute Gasteiger partial charge is 0.323 e. The van der Waals surface area contributed by atoms with Crippen molar-refractivity contribution in [1.29, 1.82) is 5.26 Å². The third-order valence-corrected chi connectivity index (χ3v) is 3.55. The number of nitrogens with one attached hydrogen (secondary N) is 1. The highest BCUT2D eigenvalue weighted by atomic mass is 16.4. The zero-order valence-electron chi connectivity index (χ0n) is 10.3. The van der Waals surface area contributed by atoms with Crippen molar-refractivity contribution in [3.05, 3.63) is 35.4 Å². The predicted molar refractivity (Wildman–Crippen MR) is 66.8 cm³/mol. The van der Waals surface area contributed by atoms with E-state index >= 15 is 0 Å². The van der Waals surface area contributed by atoms with E-state index < -0.39 is 11.5 Å². The third-order valence-electron chi connectivity index (χ3n) is 3.55. The van der Waals surface area contributed by atoms with Crippen LogP contribution in [0.15, 0.2) is 24.3 Å². The number of carbonyl (C=O) groups is 1. The maximum absolute atomic E-state index is 11.3. The van der Waals surface area contributed by atoms with Gasteiger partial charge < -0.3 is 5.11 Å². The van der Waals surface area contributed by atoms with Crippen molar-refractivity contribution >= 4 is 5.97 Å². The maximum Gasteiger partial charge on any atom is 0.323 e. The highest BCUT2D eigenvalue weighted by Gasteiger charge is 2.47. The first-order valence-corrected chi connectivity index (χ1v) is 6.03. The van der Waals surface area contributed by atoms with Crippen molar-refractivity contribution in [2.75, 3.05) is 0 Å². The largest absolute Gasteiger partial charge is 0.480 e. The molecule has 1 fully saturated rings. The number of rotatable bonds is 5. The lowest BCUT2D eigenvalue weighted by atomic mass is 9.95.